The summed E-state index contributed by atoms with van der Waals surface area (Å²) in [6.45, 7) is 1.72. The van der Waals surface area contributed by atoms with Crippen molar-refractivity contribution in [3.8, 4) is 0 Å². The summed E-state index contributed by atoms with van der Waals surface area (Å²) in [5.74, 6) is 0.135. The number of nitrogens with one attached hydrogen (secondary N) is 2. The third-order valence-electron chi connectivity index (χ3n) is 5.01. The number of H-pyrrole nitrogens is 1. The summed E-state index contributed by atoms with van der Waals surface area (Å²) in [6.07, 6.45) is 2.13. The number of nitrogens with zero attached hydrogens (tertiary/aromatic N) is 1. The molecule has 0 bridgehead atoms. The van der Waals surface area contributed by atoms with Gasteiger partial charge in [0.2, 0.25) is 0 Å². The van der Waals surface area contributed by atoms with Crippen molar-refractivity contribution in [3.63, 3.8) is 0 Å². The molecule has 5 nitrogen and oxygen atoms in total. The van der Waals surface area contributed by atoms with E-state index in [0.29, 0.717) is 27.1 Å². The molecule has 2 aromatic carbocycles. The van der Waals surface area contributed by atoms with E-state index in [-0.39, 0.29) is 11.7 Å². The number of benzene rings is 2. The number of pyridine rings is 1. The second-order valence-corrected chi connectivity index (χ2v) is 7.39. The van der Waals surface area contributed by atoms with E-state index in [9.17, 15) is 9.59 Å². The van der Waals surface area contributed by atoms with Gasteiger partial charge in [0, 0.05) is 30.3 Å². The fraction of sp³-hybridized carbons (Fsp3) is 0.174. The zero-order valence-corrected chi connectivity index (χ0v) is 16.7. The Balaban J connectivity index is 1.73. The van der Waals surface area contributed by atoms with Crippen LogP contribution in [0.25, 0.3) is 0 Å². The van der Waals surface area contributed by atoms with Gasteiger partial charge in [0.1, 0.15) is 10.5 Å². The molecule has 3 aromatic rings. The lowest BCUT2D eigenvalue weighted by atomic mass is 10.0. The molecule has 0 radical (unpaired) electrons. The standard InChI is InChI=1S/C23H21N3O2S/c27-21(16-9-3-1-4-10-16)20-18(26-13-7-8-14-26)15-19(25-23(20)29)24-22(28)17-11-5-2-6-12-17/h1-6,9-12,15H,7-8,13-14H2,(H2,24,25,28,29). The van der Waals surface area contributed by atoms with Crippen LogP contribution < -0.4 is 10.2 Å². The summed E-state index contributed by atoms with van der Waals surface area (Å²) >= 11 is 5.55. The smallest absolute Gasteiger partial charge is 0.256 e. The summed E-state index contributed by atoms with van der Waals surface area (Å²) in [6, 6.07) is 19.9. The predicted molar refractivity (Wildman–Crippen MR) is 117 cm³/mol. The molecule has 146 valence electrons. The van der Waals surface area contributed by atoms with Crippen LogP contribution in [0.5, 0.6) is 0 Å². The van der Waals surface area contributed by atoms with E-state index in [4.69, 9.17) is 12.2 Å². The number of carbonyl (C=O) groups excluding carboxylic acids is 2. The molecule has 1 saturated heterocycles. The first kappa shape index (κ1) is 19.1. The van der Waals surface area contributed by atoms with Gasteiger partial charge >= 0.3 is 0 Å². The number of ketones is 1. The first-order valence-electron chi connectivity index (χ1n) is 9.62. The van der Waals surface area contributed by atoms with Crippen molar-refractivity contribution in [3.05, 3.63) is 88.1 Å². The van der Waals surface area contributed by atoms with Gasteiger partial charge in [-0.3, -0.25) is 9.59 Å². The Kier molecular flexibility index (Phi) is 5.53. The average Bonchev–Trinajstić information content (AvgIpc) is 3.29. The second kappa shape index (κ2) is 8.41. The average molecular weight is 404 g/mol. The molecule has 2 N–H and O–H groups in total. The molecule has 4 rings (SSSR count). The molecule has 1 aromatic heterocycles. The van der Waals surface area contributed by atoms with Gasteiger partial charge in [-0.15, -0.1) is 0 Å². The van der Waals surface area contributed by atoms with Crippen molar-refractivity contribution in [1.82, 2.24) is 4.98 Å². The van der Waals surface area contributed by atoms with Crippen LogP contribution in [0.1, 0.15) is 39.1 Å². The number of amides is 1. The van der Waals surface area contributed by atoms with Gasteiger partial charge in [0.25, 0.3) is 5.91 Å². The molecule has 2 heterocycles. The van der Waals surface area contributed by atoms with Crippen LogP contribution in [-0.2, 0) is 0 Å². The zero-order valence-electron chi connectivity index (χ0n) is 15.9. The molecular formula is C23H21N3O2S. The van der Waals surface area contributed by atoms with Crippen molar-refractivity contribution in [2.75, 3.05) is 23.3 Å². The van der Waals surface area contributed by atoms with Crippen molar-refractivity contribution >= 4 is 35.4 Å². The van der Waals surface area contributed by atoms with E-state index in [0.717, 1.165) is 31.6 Å². The van der Waals surface area contributed by atoms with Gasteiger partial charge in [-0.25, -0.2) is 0 Å². The molecule has 1 fully saturated rings. The number of carbonyl (C=O) groups is 2. The first-order valence-corrected chi connectivity index (χ1v) is 10.0. The normalized spacial score (nSPS) is 13.3. The first-order chi connectivity index (χ1) is 14.1. The summed E-state index contributed by atoms with van der Waals surface area (Å²) < 4.78 is 0.326. The lowest BCUT2D eigenvalue weighted by molar-refractivity contribution is 0.102. The number of aromatic nitrogens is 1. The van der Waals surface area contributed by atoms with Gasteiger partial charge in [-0.05, 0) is 25.0 Å². The molecule has 1 aliphatic heterocycles. The van der Waals surface area contributed by atoms with E-state index in [1.54, 1.807) is 24.3 Å². The fourth-order valence-electron chi connectivity index (χ4n) is 3.56. The zero-order chi connectivity index (χ0) is 20.2. The minimum atomic E-state index is -0.231. The van der Waals surface area contributed by atoms with Gasteiger partial charge in [-0.2, -0.15) is 0 Å². The SMILES string of the molecule is O=C(Nc1cc(N2CCCC2)c(C(=O)c2ccccc2)c(=S)[nH]1)c1ccccc1. The third-order valence-corrected chi connectivity index (χ3v) is 5.31. The highest BCUT2D eigenvalue weighted by Crippen LogP contribution is 2.29. The summed E-state index contributed by atoms with van der Waals surface area (Å²) in [5, 5.41) is 2.87. The van der Waals surface area contributed by atoms with Crippen LogP contribution in [0.15, 0.2) is 66.7 Å². The minimum Gasteiger partial charge on any atom is -0.371 e. The Morgan fingerprint density at radius 3 is 2.10 bits per heavy atom. The Hall–Kier alpha value is -3.25. The van der Waals surface area contributed by atoms with Gasteiger partial charge < -0.3 is 15.2 Å². The van der Waals surface area contributed by atoms with Crippen LogP contribution in [0, 0.1) is 4.64 Å². The molecule has 29 heavy (non-hydrogen) atoms. The monoisotopic (exact) mass is 403 g/mol. The topological polar surface area (TPSA) is 65.2 Å². The van der Waals surface area contributed by atoms with E-state index in [1.165, 1.54) is 0 Å². The van der Waals surface area contributed by atoms with Crippen molar-refractivity contribution in [2.45, 2.75) is 12.8 Å². The molecule has 1 amide bonds. The van der Waals surface area contributed by atoms with Gasteiger partial charge in [-0.1, -0.05) is 60.7 Å². The molecule has 0 atom stereocenters. The number of hydrogen-bond donors (Lipinski definition) is 2. The van der Waals surface area contributed by atoms with Crippen molar-refractivity contribution in [2.24, 2.45) is 0 Å². The highest BCUT2D eigenvalue weighted by atomic mass is 32.1. The predicted octanol–water partition coefficient (Wildman–Crippen LogP) is 4.83. The highest BCUT2D eigenvalue weighted by molar-refractivity contribution is 7.71. The maximum absolute atomic E-state index is 13.2. The van der Waals surface area contributed by atoms with Crippen LogP contribution in [0.4, 0.5) is 11.5 Å². The largest absolute Gasteiger partial charge is 0.371 e. The molecule has 0 spiro atoms. The summed E-state index contributed by atoms with van der Waals surface area (Å²) in [4.78, 5) is 30.9. The quantitative estimate of drug-likeness (QED) is 0.473. The van der Waals surface area contributed by atoms with E-state index in [1.807, 2.05) is 42.5 Å². The lowest BCUT2D eigenvalue weighted by Crippen LogP contribution is -2.23. The Morgan fingerprint density at radius 2 is 1.48 bits per heavy atom. The maximum atomic E-state index is 13.2. The lowest BCUT2D eigenvalue weighted by Gasteiger charge is -2.22. The molecule has 0 unspecified atom stereocenters. The minimum absolute atomic E-state index is 0.116. The number of rotatable bonds is 5. The number of aromatic amines is 1. The summed E-state index contributed by atoms with van der Waals surface area (Å²) in [7, 11) is 0. The van der Waals surface area contributed by atoms with Crippen molar-refractivity contribution < 1.29 is 9.59 Å². The Labute approximate surface area is 174 Å². The van der Waals surface area contributed by atoms with Crippen LogP contribution in [0.3, 0.4) is 0 Å². The summed E-state index contributed by atoms with van der Waals surface area (Å²) in [5.41, 5.74) is 2.39. The van der Waals surface area contributed by atoms with Crippen LogP contribution in [-0.4, -0.2) is 29.8 Å². The van der Waals surface area contributed by atoms with Crippen molar-refractivity contribution in [1.29, 1.82) is 0 Å². The Morgan fingerprint density at radius 1 is 0.897 bits per heavy atom. The second-order valence-electron chi connectivity index (χ2n) is 6.98. The van der Waals surface area contributed by atoms with E-state index in [2.05, 4.69) is 15.2 Å². The molecule has 1 aliphatic rings. The number of hydrogen-bond acceptors (Lipinski definition) is 4. The molecular weight excluding hydrogens is 382 g/mol. The van der Waals surface area contributed by atoms with E-state index >= 15 is 0 Å². The van der Waals surface area contributed by atoms with Gasteiger partial charge in [0.05, 0.1) is 11.3 Å². The van der Waals surface area contributed by atoms with Gasteiger partial charge in [0.15, 0.2) is 5.78 Å². The third kappa shape index (κ3) is 4.12. The molecule has 0 aliphatic carbocycles. The Bertz CT molecular complexity index is 1090. The van der Waals surface area contributed by atoms with Crippen LogP contribution in [0.2, 0.25) is 0 Å². The highest BCUT2D eigenvalue weighted by Gasteiger charge is 2.23. The number of anilines is 2. The van der Waals surface area contributed by atoms with E-state index < -0.39 is 0 Å². The maximum Gasteiger partial charge on any atom is 0.256 e. The fourth-order valence-corrected chi connectivity index (χ4v) is 3.87. The molecule has 6 heteroatoms. The van der Waals surface area contributed by atoms with Crippen LogP contribution >= 0.6 is 12.2 Å². The molecule has 0 saturated carbocycles.